The summed E-state index contributed by atoms with van der Waals surface area (Å²) in [5.41, 5.74) is 1.01. The van der Waals surface area contributed by atoms with E-state index in [0.29, 0.717) is 48.1 Å². The van der Waals surface area contributed by atoms with Crippen LogP contribution >= 0.6 is 23.4 Å². The number of rotatable bonds is 9. The second-order valence-corrected chi connectivity index (χ2v) is 8.66. The smallest absolute Gasteiger partial charge is 0.230 e. The van der Waals surface area contributed by atoms with E-state index in [1.807, 2.05) is 47.9 Å². The Morgan fingerprint density at radius 1 is 1.22 bits per heavy atom. The Bertz CT molecular complexity index is 1020. The standard InChI is InChI=1S/C22H26ClN5O3S/c1-2-28-21(19-8-5-11-31-19)25-26-22(28)32-15-20(29)24-14-18(27-9-12-30-13-10-27)16-6-3-4-7-17(16)23/h3-8,11,18H,2,9-10,12-15H2,1H3,(H,24,29). The van der Waals surface area contributed by atoms with E-state index in [9.17, 15) is 4.79 Å². The Morgan fingerprint density at radius 3 is 2.75 bits per heavy atom. The zero-order chi connectivity index (χ0) is 22.3. The summed E-state index contributed by atoms with van der Waals surface area (Å²) in [7, 11) is 0. The number of nitrogens with one attached hydrogen (secondary N) is 1. The van der Waals surface area contributed by atoms with Crippen molar-refractivity contribution in [3.8, 4) is 11.6 Å². The van der Waals surface area contributed by atoms with Gasteiger partial charge in [-0.1, -0.05) is 41.6 Å². The summed E-state index contributed by atoms with van der Waals surface area (Å²) in [6.07, 6.45) is 1.61. The van der Waals surface area contributed by atoms with Crippen molar-refractivity contribution >= 4 is 29.3 Å². The molecule has 0 spiro atoms. The summed E-state index contributed by atoms with van der Waals surface area (Å²) in [5, 5.41) is 12.9. The van der Waals surface area contributed by atoms with E-state index < -0.39 is 0 Å². The minimum atomic E-state index is -0.0643. The van der Waals surface area contributed by atoms with Gasteiger partial charge in [0.05, 0.1) is 31.3 Å². The van der Waals surface area contributed by atoms with Gasteiger partial charge in [-0.25, -0.2) is 0 Å². The first kappa shape index (κ1) is 22.8. The van der Waals surface area contributed by atoms with Crippen molar-refractivity contribution in [2.75, 3.05) is 38.6 Å². The minimum absolute atomic E-state index is 0.00796. The van der Waals surface area contributed by atoms with Crippen molar-refractivity contribution < 1.29 is 13.9 Å². The molecule has 1 saturated heterocycles. The lowest BCUT2D eigenvalue weighted by molar-refractivity contribution is -0.118. The number of ether oxygens (including phenoxy) is 1. The molecule has 0 aliphatic carbocycles. The third kappa shape index (κ3) is 5.35. The molecule has 3 heterocycles. The number of halogens is 1. The molecule has 1 aliphatic heterocycles. The van der Waals surface area contributed by atoms with Crippen molar-refractivity contribution in [1.29, 1.82) is 0 Å². The highest BCUT2D eigenvalue weighted by Crippen LogP contribution is 2.28. The number of nitrogens with zero attached hydrogens (tertiary/aromatic N) is 4. The molecule has 4 rings (SSSR count). The molecule has 8 nitrogen and oxygen atoms in total. The SMILES string of the molecule is CCn1c(SCC(=O)NCC(c2ccccc2Cl)N2CCOCC2)nnc1-c1ccco1. The third-order valence-corrected chi connectivity index (χ3v) is 6.66. The Kier molecular flexibility index (Phi) is 7.85. The molecule has 3 aromatic rings. The van der Waals surface area contributed by atoms with Crippen LogP contribution in [0.1, 0.15) is 18.5 Å². The number of carbonyl (C=O) groups excluding carboxylic acids is 1. The van der Waals surface area contributed by atoms with Gasteiger partial charge in [-0.2, -0.15) is 0 Å². The first-order valence-electron chi connectivity index (χ1n) is 10.6. The molecule has 32 heavy (non-hydrogen) atoms. The van der Waals surface area contributed by atoms with Crippen LogP contribution in [0, 0.1) is 0 Å². The average Bonchev–Trinajstić information content (AvgIpc) is 3.49. The van der Waals surface area contributed by atoms with E-state index in [4.69, 9.17) is 20.8 Å². The zero-order valence-corrected chi connectivity index (χ0v) is 19.4. The molecule has 0 radical (unpaired) electrons. The van der Waals surface area contributed by atoms with Crippen molar-refractivity contribution in [3.63, 3.8) is 0 Å². The monoisotopic (exact) mass is 475 g/mol. The van der Waals surface area contributed by atoms with Gasteiger partial charge in [0, 0.05) is 31.2 Å². The fourth-order valence-electron chi connectivity index (χ4n) is 3.73. The second-order valence-electron chi connectivity index (χ2n) is 7.31. The van der Waals surface area contributed by atoms with E-state index in [-0.39, 0.29) is 17.7 Å². The van der Waals surface area contributed by atoms with Crippen molar-refractivity contribution in [2.45, 2.75) is 24.7 Å². The number of furan rings is 1. The number of hydrogen-bond acceptors (Lipinski definition) is 7. The largest absolute Gasteiger partial charge is 0.461 e. The highest BCUT2D eigenvalue weighted by Gasteiger charge is 2.25. The van der Waals surface area contributed by atoms with Gasteiger partial charge < -0.3 is 14.5 Å². The molecule has 0 bridgehead atoms. The van der Waals surface area contributed by atoms with E-state index in [2.05, 4.69) is 20.4 Å². The lowest BCUT2D eigenvalue weighted by atomic mass is 10.0. The number of benzene rings is 1. The lowest BCUT2D eigenvalue weighted by Gasteiger charge is -2.35. The summed E-state index contributed by atoms with van der Waals surface area (Å²) in [5.74, 6) is 1.50. The van der Waals surface area contributed by atoms with Gasteiger partial charge in [-0.15, -0.1) is 10.2 Å². The van der Waals surface area contributed by atoms with Gasteiger partial charge in [0.2, 0.25) is 5.91 Å². The summed E-state index contributed by atoms with van der Waals surface area (Å²) < 4.78 is 12.9. The Morgan fingerprint density at radius 2 is 2.03 bits per heavy atom. The van der Waals surface area contributed by atoms with Crippen LogP contribution in [-0.4, -0.2) is 64.2 Å². The molecule has 1 N–H and O–H groups in total. The summed E-state index contributed by atoms with van der Waals surface area (Å²) in [6, 6.07) is 11.4. The van der Waals surface area contributed by atoms with Gasteiger partial charge in [-0.3, -0.25) is 14.3 Å². The zero-order valence-electron chi connectivity index (χ0n) is 17.9. The maximum atomic E-state index is 12.7. The molecular formula is C22H26ClN5O3S. The maximum Gasteiger partial charge on any atom is 0.230 e. The Balaban J connectivity index is 1.38. The predicted octanol–water partition coefficient (Wildman–Crippen LogP) is 3.49. The predicted molar refractivity (Wildman–Crippen MR) is 124 cm³/mol. The molecular weight excluding hydrogens is 450 g/mol. The van der Waals surface area contributed by atoms with E-state index in [1.165, 1.54) is 11.8 Å². The second kappa shape index (κ2) is 11.0. The highest BCUT2D eigenvalue weighted by atomic mass is 35.5. The van der Waals surface area contributed by atoms with Crippen LogP contribution in [0.25, 0.3) is 11.6 Å². The first-order valence-corrected chi connectivity index (χ1v) is 12.0. The van der Waals surface area contributed by atoms with Gasteiger partial charge in [0.15, 0.2) is 16.7 Å². The molecule has 1 fully saturated rings. The van der Waals surface area contributed by atoms with Crippen molar-refractivity contribution in [2.24, 2.45) is 0 Å². The molecule has 1 aliphatic rings. The first-order chi connectivity index (χ1) is 15.7. The summed E-state index contributed by atoms with van der Waals surface area (Å²) >= 11 is 7.83. The van der Waals surface area contributed by atoms with E-state index in [1.54, 1.807) is 6.26 Å². The van der Waals surface area contributed by atoms with Gasteiger partial charge in [-0.05, 0) is 30.7 Å². The topological polar surface area (TPSA) is 85.4 Å². The number of hydrogen-bond donors (Lipinski definition) is 1. The number of amides is 1. The normalized spacial score (nSPS) is 15.6. The van der Waals surface area contributed by atoms with Crippen molar-refractivity contribution in [3.05, 3.63) is 53.2 Å². The quantitative estimate of drug-likeness (QED) is 0.474. The fraction of sp³-hybridized carbons (Fsp3) is 0.409. The van der Waals surface area contributed by atoms with Gasteiger partial charge in [0.1, 0.15) is 0 Å². The van der Waals surface area contributed by atoms with Crippen molar-refractivity contribution in [1.82, 2.24) is 25.0 Å². The van der Waals surface area contributed by atoms with Gasteiger partial charge in [0.25, 0.3) is 0 Å². The Labute approximate surface area is 196 Å². The summed E-state index contributed by atoms with van der Waals surface area (Å²) in [6.45, 7) is 6.12. The minimum Gasteiger partial charge on any atom is -0.461 e. The number of carbonyl (C=O) groups is 1. The van der Waals surface area contributed by atoms with Crippen LogP contribution < -0.4 is 5.32 Å². The number of aromatic nitrogens is 3. The molecule has 1 amide bonds. The highest BCUT2D eigenvalue weighted by molar-refractivity contribution is 7.99. The molecule has 1 aromatic carbocycles. The number of morpholine rings is 1. The summed E-state index contributed by atoms with van der Waals surface area (Å²) in [4.78, 5) is 15.0. The van der Waals surface area contributed by atoms with Crippen LogP contribution in [0.3, 0.4) is 0 Å². The Hall–Kier alpha value is -2.33. The fourth-order valence-corrected chi connectivity index (χ4v) is 4.82. The molecule has 0 saturated carbocycles. The molecule has 1 unspecified atom stereocenters. The van der Waals surface area contributed by atoms with Crippen LogP contribution in [0.5, 0.6) is 0 Å². The van der Waals surface area contributed by atoms with Crippen LogP contribution in [0.4, 0.5) is 0 Å². The van der Waals surface area contributed by atoms with Crippen LogP contribution in [-0.2, 0) is 16.1 Å². The maximum absolute atomic E-state index is 12.7. The average molecular weight is 476 g/mol. The van der Waals surface area contributed by atoms with Crippen LogP contribution in [0.2, 0.25) is 5.02 Å². The van der Waals surface area contributed by atoms with E-state index in [0.717, 1.165) is 18.7 Å². The van der Waals surface area contributed by atoms with Gasteiger partial charge >= 0.3 is 0 Å². The molecule has 10 heteroatoms. The molecule has 1 atom stereocenters. The third-order valence-electron chi connectivity index (χ3n) is 5.35. The van der Waals surface area contributed by atoms with E-state index >= 15 is 0 Å². The molecule has 2 aromatic heterocycles. The molecule has 170 valence electrons. The lowest BCUT2D eigenvalue weighted by Crippen LogP contribution is -2.44. The number of thioether (sulfide) groups is 1. The van der Waals surface area contributed by atoms with Crippen LogP contribution in [0.15, 0.2) is 52.2 Å².